The van der Waals surface area contributed by atoms with Crippen molar-refractivity contribution in [2.75, 3.05) is 0 Å². The van der Waals surface area contributed by atoms with E-state index in [1.807, 2.05) is 97.1 Å². The molecule has 0 aliphatic carbocycles. The first-order chi connectivity index (χ1) is 19.7. The maximum Gasteiger partial charge on any atom is 0.150 e. The molecule has 4 aromatic carbocycles. The van der Waals surface area contributed by atoms with Gasteiger partial charge in [-0.15, -0.1) is 0 Å². The van der Waals surface area contributed by atoms with Gasteiger partial charge in [-0.3, -0.25) is 9.55 Å². The summed E-state index contributed by atoms with van der Waals surface area (Å²) in [6, 6.07) is 37.3. The monoisotopic (exact) mass is 519 g/mol. The maximum atomic E-state index is 16.2. The average Bonchev–Trinajstić information content (AvgIpc) is 3.54. The van der Waals surface area contributed by atoms with Crippen molar-refractivity contribution in [3.8, 4) is 17.1 Å². The third-order valence-electron chi connectivity index (χ3n) is 7.60. The van der Waals surface area contributed by atoms with Crippen molar-refractivity contribution in [3.63, 3.8) is 0 Å². The van der Waals surface area contributed by atoms with Crippen LogP contribution in [0.3, 0.4) is 0 Å². The Morgan fingerprint density at radius 3 is 2.23 bits per heavy atom. The van der Waals surface area contributed by atoms with Crippen molar-refractivity contribution >= 4 is 43.7 Å². The first-order valence-electron chi connectivity index (χ1n) is 13.2. The van der Waals surface area contributed by atoms with Gasteiger partial charge in [-0.2, -0.15) is 0 Å². The smallest absolute Gasteiger partial charge is 0.150 e. The number of rotatable bonds is 4. The summed E-state index contributed by atoms with van der Waals surface area (Å²) < 4.78 is 24.5. The molecule has 4 aromatic heterocycles. The van der Waals surface area contributed by atoms with E-state index in [0.717, 1.165) is 60.8 Å². The van der Waals surface area contributed by atoms with Crippen LogP contribution in [0.1, 0.15) is 17.3 Å². The Labute approximate surface area is 229 Å². The molecule has 0 spiro atoms. The molecular formula is C35H22FN3O. The van der Waals surface area contributed by atoms with Gasteiger partial charge in [-0.1, -0.05) is 60.7 Å². The minimum absolute atomic E-state index is 0.583. The van der Waals surface area contributed by atoms with E-state index in [0.29, 0.717) is 11.1 Å². The molecule has 0 saturated heterocycles. The third-order valence-corrected chi connectivity index (χ3v) is 7.60. The van der Waals surface area contributed by atoms with Crippen molar-refractivity contribution in [1.82, 2.24) is 14.5 Å². The van der Waals surface area contributed by atoms with E-state index in [-0.39, 0.29) is 0 Å². The van der Waals surface area contributed by atoms with Crippen LogP contribution in [0.15, 0.2) is 132 Å². The molecule has 0 aliphatic rings. The van der Waals surface area contributed by atoms with E-state index < -0.39 is 6.17 Å². The number of hydrogen-bond acceptors (Lipinski definition) is 3. The standard InChI is InChI=1S/C35H22FN3O/c36-35(23-9-7-8-22(18-23)29-11-3-5-16-37-29)24-14-15-25-27-21-33-28(26-10-1-2-12-32(26)40-33)20-31(27)39(30(25)19-24)34-13-4-6-17-38-34/h1-21,35H. The average molecular weight is 520 g/mol. The highest BCUT2D eigenvalue weighted by Gasteiger charge is 2.20. The summed E-state index contributed by atoms with van der Waals surface area (Å²) in [5.41, 5.74) is 6.45. The van der Waals surface area contributed by atoms with Crippen LogP contribution < -0.4 is 0 Å². The molecule has 0 saturated carbocycles. The van der Waals surface area contributed by atoms with Gasteiger partial charge < -0.3 is 4.42 Å². The number of benzene rings is 4. The highest BCUT2D eigenvalue weighted by Crippen LogP contribution is 2.39. The van der Waals surface area contributed by atoms with Crippen LogP contribution in [-0.4, -0.2) is 14.5 Å². The van der Waals surface area contributed by atoms with Gasteiger partial charge in [-0.25, -0.2) is 9.37 Å². The molecule has 190 valence electrons. The first-order valence-corrected chi connectivity index (χ1v) is 13.2. The molecule has 0 aliphatic heterocycles. The molecule has 4 heterocycles. The van der Waals surface area contributed by atoms with E-state index in [4.69, 9.17) is 4.42 Å². The van der Waals surface area contributed by atoms with Crippen LogP contribution >= 0.6 is 0 Å². The molecule has 0 amide bonds. The summed E-state index contributed by atoms with van der Waals surface area (Å²) in [5.74, 6) is 0.777. The fourth-order valence-corrected chi connectivity index (χ4v) is 5.72. The van der Waals surface area contributed by atoms with Crippen molar-refractivity contribution < 1.29 is 8.81 Å². The minimum atomic E-state index is -1.30. The van der Waals surface area contributed by atoms with Gasteiger partial charge in [0.1, 0.15) is 17.0 Å². The van der Waals surface area contributed by atoms with E-state index in [9.17, 15) is 0 Å². The normalized spacial score (nSPS) is 12.5. The van der Waals surface area contributed by atoms with E-state index in [1.165, 1.54) is 0 Å². The van der Waals surface area contributed by atoms with Crippen molar-refractivity contribution in [2.24, 2.45) is 0 Å². The molecule has 0 fully saturated rings. The molecule has 5 heteroatoms. The Kier molecular flexibility index (Phi) is 5.04. The summed E-state index contributed by atoms with van der Waals surface area (Å²) in [7, 11) is 0. The second-order valence-corrected chi connectivity index (χ2v) is 9.97. The van der Waals surface area contributed by atoms with Gasteiger partial charge in [0.15, 0.2) is 6.17 Å². The number of pyridine rings is 2. The number of halogens is 1. The van der Waals surface area contributed by atoms with Gasteiger partial charge in [-0.05, 0) is 65.7 Å². The van der Waals surface area contributed by atoms with Gasteiger partial charge >= 0.3 is 0 Å². The second-order valence-electron chi connectivity index (χ2n) is 9.97. The molecule has 40 heavy (non-hydrogen) atoms. The SMILES string of the molecule is FC(c1cccc(-c2ccccn2)c1)c1ccc2c3cc4oc5ccccc5c4cc3n(-c3ccccn3)c2c1. The van der Waals surface area contributed by atoms with Gasteiger partial charge in [0, 0.05) is 39.5 Å². The first kappa shape index (κ1) is 22.7. The van der Waals surface area contributed by atoms with Crippen LogP contribution in [0.4, 0.5) is 4.39 Å². The fourth-order valence-electron chi connectivity index (χ4n) is 5.72. The number of nitrogens with zero attached hydrogens (tertiary/aromatic N) is 3. The molecule has 8 rings (SSSR count). The highest BCUT2D eigenvalue weighted by atomic mass is 19.1. The molecule has 1 atom stereocenters. The van der Waals surface area contributed by atoms with Crippen LogP contribution in [-0.2, 0) is 0 Å². The predicted octanol–water partition coefficient (Wildman–Crippen LogP) is 9.20. The lowest BCUT2D eigenvalue weighted by molar-refractivity contribution is 0.402. The van der Waals surface area contributed by atoms with Crippen LogP contribution in [0, 0.1) is 0 Å². The zero-order valence-corrected chi connectivity index (χ0v) is 21.3. The van der Waals surface area contributed by atoms with Crippen molar-refractivity contribution in [2.45, 2.75) is 6.17 Å². The van der Waals surface area contributed by atoms with Crippen LogP contribution in [0.2, 0.25) is 0 Å². The molecule has 1 unspecified atom stereocenters. The molecule has 0 N–H and O–H groups in total. The zero-order valence-electron chi connectivity index (χ0n) is 21.3. The zero-order chi connectivity index (χ0) is 26.6. The topological polar surface area (TPSA) is 43.9 Å². The maximum absolute atomic E-state index is 16.2. The van der Waals surface area contributed by atoms with Crippen LogP contribution in [0.25, 0.3) is 60.8 Å². The number of hydrogen-bond donors (Lipinski definition) is 0. The third kappa shape index (κ3) is 3.52. The summed E-state index contributed by atoms with van der Waals surface area (Å²) in [6.07, 6.45) is 2.23. The lowest BCUT2D eigenvalue weighted by atomic mass is 9.98. The predicted molar refractivity (Wildman–Crippen MR) is 158 cm³/mol. The Balaban J connectivity index is 1.34. The number of furan rings is 1. The lowest BCUT2D eigenvalue weighted by Crippen LogP contribution is -1.99. The number of aromatic nitrogens is 3. The molecule has 0 radical (unpaired) electrons. The van der Waals surface area contributed by atoms with Crippen molar-refractivity contribution in [3.05, 3.63) is 139 Å². The Hall–Kier alpha value is -5.29. The van der Waals surface area contributed by atoms with Gasteiger partial charge in [0.25, 0.3) is 0 Å². The van der Waals surface area contributed by atoms with E-state index in [2.05, 4.69) is 32.7 Å². The summed E-state index contributed by atoms with van der Waals surface area (Å²) in [5, 5.41) is 4.15. The quantitative estimate of drug-likeness (QED) is 0.233. The lowest BCUT2D eigenvalue weighted by Gasteiger charge is -2.12. The second kappa shape index (κ2) is 8.89. The number of alkyl halides is 1. The molecule has 4 nitrogen and oxygen atoms in total. The van der Waals surface area contributed by atoms with Crippen LogP contribution in [0.5, 0.6) is 0 Å². The molecule has 8 aromatic rings. The van der Waals surface area contributed by atoms with Gasteiger partial charge in [0.05, 0.1) is 16.7 Å². The Morgan fingerprint density at radius 2 is 1.38 bits per heavy atom. The van der Waals surface area contributed by atoms with E-state index >= 15 is 4.39 Å². The Morgan fingerprint density at radius 1 is 0.575 bits per heavy atom. The van der Waals surface area contributed by atoms with E-state index in [1.54, 1.807) is 12.4 Å². The minimum Gasteiger partial charge on any atom is -0.456 e. The van der Waals surface area contributed by atoms with Crippen molar-refractivity contribution in [1.29, 1.82) is 0 Å². The summed E-state index contributed by atoms with van der Waals surface area (Å²) in [6.45, 7) is 0. The highest BCUT2D eigenvalue weighted by molar-refractivity contribution is 6.17. The fraction of sp³-hybridized carbons (Fsp3) is 0.0286. The Bertz CT molecular complexity index is 2180. The number of para-hydroxylation sites is 1. The number of fused-ring (bicyclic) bond motifs is 6. The van der Waals surface area contributed by atoms with Gasteiger partial charge in [0.2, 0.25) is 0 Å². The molecular weight excluding hydrogens is 497 g/mol. The summed E-state index contributed by atoms with van der Waals surface area (Å²) in [4.78, 5) is 9.10. The molecule has 0 bridgehead atoms. The largest absolute Gasteiger partial charge is 0.456 e. The summed E-state index contributed by atoms with van der Waals surface area (Å²) >= 11 is 0.